The second kappa shape index (κ2) is 13.7. The molecule has 0 aliphatic carbocycles. The number of nitrogens with one attached hydrogen (secondary N) is 1. The first-order chi connectivity index (χ1) is 16.2. The monoisotopic (exact) mass is 473 g/mol. The van der Waals surface area contributed by atoms with Crippen LogP contribution in [0.15, 0.2) is 24.4 Å². The van der Waals surface area contributed by atoms with Crippen molar-refractivity contribution in [3.05, 3.63) is 58.4 Å². The number of halogens is 1. The molecule has 0 saturated carbocycles. The second-order valence-electron chi connectivity index (χ2n) is 8.78. The highest BCUT2D eigenvalue weighted by atomic mass is 19.1. The SMILES string of the molecule is CCCCc1ccc(CC[C@H](C)COCC[C@H](NC(=O)c2c(F)ccnc2C)C(=O)O)nc1C. The van der Waals surface area contributed by atoms with Crippen molar-refractivity contribution in [1.29, 1.82) is 0 Å². The van der Waals surface area contributed by atoms with Gasteiger partial charge in [0.1, 0.15) is 11.9 Å². The fourth-order valence-corrected chi connectivity index (χ4v) is 3.67. The number of carbonyl (C=O) groups is 2. The van der Waals surface area contributed by atoms with Gasteiger partial charge in [-0.1, -0.05) is 26.3 Å². The molecule has 2 aromatic rings. The minimum Gasteiger partial charge on any atom is -0.480 e. The number of carbonyl (C=O) groups excluding carboxylic acids is 1. The maximum atomic E-state index is 14.0. The Morgan fingerprint density at radius 3 is 2.56 bits per heavy atom. The van der Waals surface area contributed by atoms with Crippen LogP contribution in [0.2, 0.25) is 0 Å². The number of carboxylic acids is 1. The Balaban J connectivity index is 1.75. The molecule has 0 unspecified atom stereocenters. The van der Waals surface area contributed by atoms with Crippen molar-refractivity contribution in [2.75, 3.05) is 13.2 Å². The number of aryl methyl sites for hydroxylation is 4. The molecule has 0 spiro atoms. The lowest BCUT2D eigenvalue weighted by Gasteiger charge is -2.17. The quantitative estimate of drug-likeness (QED) is 0.394. The van der Waals surface area contributed by atoms with E-state index in [0.717, 1.165) is 36.7 Å². The van der Waals surface area contributed by atoms with E-state index < -0.39 is 23.7 Å². The fourth-order valence-electron chi connectivity index (χ4n) is 3.67. The molecule has 2 heterocycles. The number of carboxylic acid groups (broad SMARTS) is 1. The largest absolute Gasteiger partial charge is 0.480 e. The molecule has 0 aromatic carbocycles. The van der Waals surface area contributed by atoms with Crippen LogP contribution in [0.1, 0.15) is 72.5 Å². The maximum Gasteiger partial charge on any atom is 0.326 e. The fraction of sp³-hybridized carbons (Fsp3) is 0.538. The van der Waals surface area contributed by atoms with Crippen molar-refractivity contribution < 1.29 is 23.8 Å². The third kappa shape index (κ3) is 8.48. The highest BCUT2D eigenvalue weighted by molar-refractivity contribution is 5.97. The van der Waals surface area contributed by atoms with Gasteiger partial charge in [-0.25, -0.2) is 9.18 Å². The minimum atomic E-state index is -1.20. The zero-order valence-corrected chi connectivity index (χ0v) is 20.6. The maximum absolute atomic E-state index is 14.0. The number of aliphatic carboxylic acids is 1. The topological polar surface area (TPSA) is 101 Å². The Bertz CT molecular complexity index is 947. The van der Waals surface area contributed by atoms with E-state index in [2.05, 4.69) is 43.2 Å². The van der Waals surface area contributed by atoms with Gasteiger partial charge in [-0.3, -0.25) is 14.8 Å². The van der Waals surface area contributed by atoms with Gasteiger partial charge in [0.2, 0.25) is 0 Å². The van der Waals surface area contributed by atoms with Crippen LogP contribution in [0.5, 0.6) is 0 Å². The van der Waals surface area contributed by atoms with Gasteiger partial charge in [-0.05, 0) is 63.1 Å². The lowest BCUT2D eigenvalue weighted by molar-refractivity contribution is -0.139. The molecule has 0 aliphatic rings. The van der Waals surface area contributed by atoms with Gasteiger partial charge in [0.15, 0.2) is 0 Å². The van der Waals surface area contributed by atoms with Crippen molar-refractivity contribution >= 4 is 11.9 Å². The molecule has 0 radical (unpaired) electrons. The summed E-state index contributed by atoms with van der Waals surface area (Å²) in [5.41, 5.74) is 3.43. The lowest BCUT2D eigenvalue weighted by Crippen LogP contribution is -2.42. The second-order valence-corrected chi connectivity index (χ2v) is 8.78. The Hall–Kier alpha value is -2.87. The van der Waals surface area contributed by atoms with E-state index in [1.54, 1.807) is 0 Å². The third-order valence-corrected chi connectivity index (χ3v) is 5.82. The third-order valence-electron chi connectivity index (χ3n) is 5.82. The number of ether oxygens (including phenoxy) is 1. The molecule has 0 aliphatic heterocycles. The average molecular weight is 474 g/mol. The molecule has 1 amide bonds. The molecule has 0 fully saturated rings. The number of rotatable bonds is 14. The van der Waals surface area contributed by atoms with E-state index in [1.807, 2.05) is 0 Å². The van der Waals surface area contributed by atoms with Crippen LogP contribution < -0.4 is 5.32 Å². The van der Waals surface area contributed by atoms with Gasteiger partial charge in [0.25, 0.3) is 5.91 Å². The van der Waals surface area contributed by atoms with Crippen LogP contribution in [0.4, 0.5) is 4.39 Å². The molecular formula is C26H36FN3O4. The van der Waals surface area contributed by atoms with Crippen molar-refractivity contribution in [1.82, 2.24) is 15.3 Å². The predicted octanol–water partition coefficient (Wildman–Crippen LogP) is 4.43. The standard InChI is InChI=1S/C26H36FN3O4/c1-5-6-7-20-9-11-21(29-18(20)3)10-8-17(2)16-34-15-13-23(26(32)33)30-25(31)24-19(4)28-14-12-22(24)27/h9,11-12,14,17,23H,5-8,10,13,15-16H2,1-4H3,(H,30,31)(H,32,33)/t17-,23-/m0/s1. The average Bonchev–Trinajstić information content (AvgIpc) is 2.78. The zero-order chi connectivity index (χ0) is 25.1. The normalized spacial score (nSPS) is 12.9. The van der Waals surface area contributed by atoms with Crippen LogP contribution in [0.25, 0.3) is 0 Å². The van der Waals surface area contributed by atoms with Gasteiger partial charge in [-0.2, -0.15) is 0 Å². The van der Waals surface area contributed by atoms with Crippen molar-refractivity contribution in [3.8, 4) is 0 Å². The smallest absolute Gasteiger partial charge is 0.326 e. The van der Waals surface area contributed by atoms with E-state index in [1.165, 1.54) is 31.5 Å². The van der Waals surface area contributed by atoms with E-state index >= 15 is 0 Å². The molecule has 0 bridgehead atoms. The Kier molecular flexibility index (Phi) is 11.1. The molecular weight excluding hydrogens is 437 g/mol. The lowest BCUT2D eigenvalue weighted by atomic mass is 10.0. The van der Waals surface area contributed by atoms with Gasteiger partial charge >= 0.3 is 5.97 Å². The molecule has 34 heavy (non-hydrogen) atoms. The van der Waals surface area contributed by atoms with Crippen molar-refractivity contribution in [3.63, 3.8) is 0 Å². The van der Waals surface area contributed by atoms with Crippen LogP contribution >= 0.6 is 0 Å². The summed E-state index contributed by atoms with van der Waals surface area (Å²) in [6, 6.07) is 4.16. The first-order valence-electron chi connectivity index (χ1n) is 11.9. The van der Waals surface area contributed by atoms with Gasteiger partial charge in [0.05, 0.1) is 11.3 Å². The van der Waals surface area contributed by atoms with Gasteiger partial charge < -0.3 is 15.2 Å². The van der Waals surface area contributed by atoms with E-state index in [4.69, 9.17) is 9.72 Å². The Morgan fingerprint density at radius 1 is 1.15 bits per heavy atom. The van der Waals surface area contributed by atoms with E-state index in [-0.39, 0.29) is 30.2 Å². The Morgan fingerprint density at radius 2 is 1.91 bits per heavy atom. The van der Waals surface area contributed by atoms with Crippen molar-refractivity contribution in [2.45, 2.75) is 72.3 Å². The van der Waals surface area contributed by atoms with Crippen molar-refractivity contribution in [2.24, 2.45) is 5.92 Å². The summed E-state index contributed by atoms with van der Waals surface area (Å²) in [6.45, 7) is 8.46. The molecule has 8 heteroatoms. The highest BCUT2D eigenvalue weighted by Gasteiger charge is 2.23. The number of amides is 1. The first kappa shape index (κ1) is 27.4. The van der Waals surface area contributed by atoms with Crippen LogP contribution in [-0.4, -0.2) is 46.2 Å². The molecule has 7 nitrogen and oxygen atoms in total. The summed E-state index contributed by atoms with van der Waals surface area (Å²) in [6.07, 6.45) is 6.49. The van der Waals surface area contributed by atoms with Crippen LogP contribution in [-0.2, 0) is 22.4 Å². The predicted molar refractivity (Wildman–Crippen MR) is 128 cm³/mol. The van der Waals surface area contributed by atoms with Crippen LogP contribution in [0.3, 0.4) is 0 Å². The van der Waals surface area contributed by atoms with Crippen LogP contribution in [0, 0.1) is 25.6 Å². The minimum absolute atomic E-state index is 0.0781. The summed E-state index contributed by atoms with van der Waals surface area (Å²) in [5.74, 6) is -2.46. The molecule has 2 rings (SSSR count). The molecule has 0 saturated heterocycles. The van der Waals surface area contributed by atoms with E-state index in [9.17, 15) is 19.1 Å². The summed E-state index contributed by atoms with van der Waals surface area (Å²) < 4.78 is 19.6. The van der Waals surface area contributed by atoms with Gasteiger partial charge in [0, 0.05) is 37.2 Å². The summed E-state index contributed by atoms with van der Waals surface area (Å²) in [7, 11) is 0. The Labute approximate surface area is 201 Å². The number of hydrogen-bond acceptors (Lipinski definition) is 5. The number of hydrogen-bond donors (Lipinski definition) is 2. The number of aromatic nitrogens is 2. The molecule has 186 valence electrons. The first-order valence-corrected chi connectivity index (χ1v) is 11.9. The van der Waals surface area contributed by atoms with Gasteiger partial charge in [-0.15, -0.1) is 0 Å². The molecule has 2 N–H and O–H groups in total. The number of unbranched alkanes of at least 4 members (excludes halogenated alkanes) is 1. The highest BCUT2D eigenvalue weighted by Crippen LogP contribution is 2.14. The number of nitrogens with zero attached hydrogens (tertiary/aromatic N) is 2. The summed E-state index contributed by atoms with van der Waals surface area (Å²) in [5, 5.41) is 11.8. The summed E-state index contributed by atoms with van der Waals surface area (Å²) in [4.78, 5) is 32.5. The summed E-state index contributed by atoms with van der Waals surface area (Å²) >= 11 is 0. The number of pyridine rings is 2. The zero-order valence-electron chi connectivity index (χ0n) is 20.6. The molecule has 2 atom stereocenters. The van der Waals surface area contributed by atoms with E-state index in [0.29, 0.717) is 6.61 Å². The molecule has 2 aromatic heterocycles.